The van der Waals surface area contributed by atoms with Crippen LogP contribution in [0, 0.1) is 0 Å². The van der Waals surface area contributed by atoms with E-state index in [-0.39, 0.29) is 12.2 Å². The van der Waals surface area contributed by atoms with Gasteiger partial charge in [0.05, 0.1) is 41.7 Å². The number of hydrogen-bond donors (Lipinski definition) is 0. The molecule has 0 amide bonds. The molecule has 212 valence electrons. The maximum absolute atomic E-state index is 13.9. The molecule has 8 nitrogen and oxygen atoms in total. The van der Waals surface area contributed by atoms with Gasteiger partial charge in [0.15, 0.2) is 16.3 Å². The van der Waals surface area contributed by atoms with E-state index in [2.05, 4.69) is 20.9 Å². The minimum absolute atomic E-state index is 0.194. The summed E-state index contributed by atoms with van der Waals surface area (Å²) in [7, 11) is 0. The molecule has 0 aliphatic carbocycles. The Morgan fingerprint density at radius 1 is 1.02 bits per heavy atom. The zero-order valence-corrected chi connectivity index (χ0v) is 25.5. The van der Waals surface area contributed by atoms with Crippen molar-refractivity contribution in [1.29, 1.82) is 0 Å². The molecule has 0 saturated heterocycles. The summed E-state index contributed by atoms with van der Waals surface area (Å²) in [5.41, 5.74) is 2.10. The predicted molar refractivity (Wildman–Crippen MR) is 161 cm³/mol. The van der Waals surface area contributed by atoms with E-state index in [1.807, 2.05) is 62.4 Å². The number of fused-ring (bicyclic) bond motifs is 1. The highest BCUT2D eigenvalue weighted by atomic mass is 79.9. The Morgan fingerprint density at radius 3 is 2.46 bits per heavy atom. The van der Waals surface area contributed by atoms with E-state index < -0.39 is 12.0 Å². The molecule has 0 fully saturated rings. The van der Waals surface area contributed by atoms with Gasteiger partial charge in [-0.25, -0.2) is 9.79 Å². The van der Waals surface area contributed by atoms with Crippen molar-refractivity contribution in [3.05, 3.63) is 101 Å². The summed E-state index contributed by atoms with van der Waals surface area (Å²) in [5, 5.41) is 0. The Bertz CT molecular complexity index is 1800. The number of nitrogens with zero attached hydrogens (tertiary/aromatic N) is 2. The minimum Gasteiger partial charge on any atom is -0.490 e. The van der Waals surface area contributed by atoms with Gasteiger partial charge in [0.25, 0.3) is 5.56 Å². The molecule has 3 heterocycles. The van der Waals surface area contributed by atoms with Crippen LogP contribution in [0.5, 0.6) is 11.5 Å². The molecule has 2 aromatic heterocycles. The molecule has 0 bridgehead atoms. The number of esters is 1. The number of rotatable bonds is 9. The number of hydrogen-bond acceptors (Lipinski definition) is 8. The first-order valence-electron chi connectivity index (χ1n) is 13.3. The number of furan rings is 1. The summed E-state index contributed by atoms with van der Waals surface area (Å²) >= 11 is 4.68. The smallest absolute Gasteiger partial charge is 0.338 e. The van der Waals surface area contributed by atoms with Crippen LogP contribution in [0.1, 0.15) is 45.1 Å². The van der Waals surface area contributed by atoms with E-state index in [0.29, 0.717) is 62.4 Å². The number of carbonyl (C=O) groups is 1. The van der Waals surface area contributed by atoms with Crippen LogP contribution in [0.2, 0.25) is 0 Å². The number of benzene rings is 2. The lowest BCUT2D eigenvalue weighted by atomic mass is 9.95. The van der Waals surface area contributed by atoms with Crippen LogP contribution < -0.4 is 24.4 Å². The van der Waals surface area contributed by atoms with E-state index in [1.165, 1.54) is 11.3 Å². The van der Waals surface area contributed by atoms with Gasteiger partial charge in [-0.05, 0) is 69.7 Å². The fourth-order valence-corrected chi connectivity index (χ4v) is 5.96. The summed E-state index contributed by atoms with van der Waals surface area (Å²) in [5.74, 6) is 1.81. The second-order valence-corrected chi connectivity index (χ2v) is 11.0. The van der Waals surface area contributed by atoms with Crippen molar-refractivity contribution < 1.29 is 23.4 Å². The van der Waals surface area contributed by atoms with Gasteiger partial charge in [0, 0.05) is 16.1 Å². The van der Waals surface area contributed by atoms with E-state index >= 15 is 0 Å². The van der Waals surface area contributed by atoms with E-state index in [0.717, 1.165) is 10.0 Å². The largest absolute Gasteiger partial charge is 0.490 e. The molecule has 0 unspecified atom stereocenters. The monoisotopic (exact) mass is 636 g/mol. The standard InChI is InChI=1S/C31H29BrN2O6S/c1-5-37-24-14-10-20(16-25(24)38-6-2)28-27(30(36)39-7-3)18(4)33-31-34(28)29(35)26(41-31)17-22-13-15-23(40-22)19-8-11-21(32)12-9-19/h8-17,28H,5-7H2,1-4H3/b26-17-/t28-/m1/s1. The van der Waals surface area contributed by atoms with Crippen molar-refractivity contribution in [3.8, 4) is 22.8 Å². The van der Waals surface area contributed by atoms with Gasteiger partial charge in [-0.1, -0.05) is 45.5 Å². The third-order valence-electron chi connectivity index (χ3n) is 6.43. The average molecular weight is 638 g/mol. The zero-order chi connectivity index (χ0) is 29.1. The molecule has 0 spiro atoms. The first-order valence-corrected chi connectivity index (χ1v) is 14.9. The molecule has 1 atom stereocenters. The fraction of sp³-hybridized carbons (Fsp3) is 0.258. The fourth-order valence-electron chi connectivity index (χ4n) is 4.67. The first kappa shape index (κ1) is 28.6. The van der Waals surface area contributed by atoms with Gasteiger partial charge in [0.2, 0.25) is 0 Å². The maximum Gasteiger partial charge on any atom is 0.338 e. The zero-order valence-electron chi connectivity index (χ0n) is 23.1. The molecule has 4 aromatic rings. The van der Waals surface area contributed by atoms with Gasteiger partial charge in [-0.3, -0.25) is 9.36 Å². The van der Waals surface area contributed by atoms with E-state index in [1.54, 1.807) is 30.6 Å². The van der Waals surface area contributed by atoms with Crippen molar-refractivity contribution >= 4 is 39.3 Å². The summed E-state index contributed by atoms with van der Waals surface area (Å²) in [6.45, 7) is 8.37. The third kappa shape index (κ3) is 5.80. The molecule has 10 heteroatoms. The van der Waals surface area contributed by atoms with Gasteiger partial charge < -0.3 is 18.6 Å². The number of allylic oxidation sites excluding steroid dienone is 1. The molecule has 5 rings (SSSR count). The van der Waals surface area contributed by atoms with E-state index in [4.69, 9.17) is 18.6 Å². The summed E-state index contributed by atoms with van der Waals surface area (Å²) in [4.78, 5) is 32.3. The third-order valence-corrected chi connectivity index (χ3v) is 7.94. The lowest BCUT2D eigenvalue weighted by Gasteiger charge is -2.25. The quantitative estimate of drug-likeness (QED) is 0.222. The van der Waals surface area contributed by atoms with Crippen molar-refractivity contribution in [2.75, 3.05) is 19.8 Å². The van der Waals surface area contributed by atoms with Crippen molar-refractivity contribution in [2.24, 2.45) is 4.99 Å². The van der Waals surface area contributed by atoms with E-state index in [9.17, 15) is 9.59 Å². The van der Waals surface area contributed by atoms with Crippen molar-refractivity contribution in [2.45, 2.75) is 33.7 Å². The lowest BCUT2D eigenvalue weighted by molar-refractivity contribution is -0.139. The highest BCUT2D eigenvalue weighted by Crippen LogP contribution is 2.36. The molecular weight excluding hydrogens is 608 g/mol. The van der Waals surface area contributed by atoms with Crippen LogP contribution in [0.4, 0.5) is 0 Å². The van der Waals surface area contributed by atoms with Crippen LogP contribution in [0.3, 0.4) is 0 Å². The summed E-state index contributed by atoms with van der Waals surface area (Å²) < 4.78 is 26.0. The molecule has 2 aromatic carbocycles. The molecule has 0 saturated carbocycles. The van der Waals surface area contributed by atoms with Crippen LogP contribution in [-0.2, 0) is 9.53 Å². The molecule has 1 aliphatic rings. The van der Waals surface area contributed by atoms with Crippen LogP contribution in [0.25, 0.3) is 17.4 Å². The van der Waals surface area contributed by atoms with Crippen molar-refractivity contribution in [3.63, 3.8) is 0 Å². The lowest BCUT2D eigenvalue weighted by Crippen LogP contribution is -2.40. The average Bonchev–Trinajstić information content (AvgIpc) is 3.54. The Kier molecular flexibility index (Phi) is 8.60. The first-order chi connectivity index (χ1) is 19.8. The number of carbonyl (C=O) groups excluding carboxylic acids is 1. The Balaban J connectivity index is 1.64. The second kappa shape index (κ2) is 12.3. The minimum atomic E-state index is -0.766. The van der Waals surface area contributed by atoms with Crippen LogP contribution >= 0.6 is 27.3 Å². The number of aromatic nitrogens is 1. The molecule has 0 N–H and O–H groups in total. The number of ether oxygens (including phenoxy) is 3. The predicted octanol–water partition coefficient (Wildman–Crippen LogP) is 5.62. The van der Waals surface area contributed by atoms with Gasteiger partial charge >= 0.3 is 5.97 Å². The molecule has 41 heavy (non-hydrogen) atoms. The van der Waals surface area contributed by atoms with Crippen LogP contribution in [0.15, 0.2) is 84.5 Å². The van der Waals surface area contributed by atoms with Gasteiger partial charge in [-0.2, -0.15) is 0 Å². The molecular formula is C31H29BrN2O6S. The maximum atomic E-state index is 13.9. The summed E-state index contributed by atoms with van der Waals surface area (Å²) in [6.07, 6.45) is 1.70. The van der Waals surface area contributed by atoms with Gasteiger partial charge in [0.1, 0.15) is 11.5 Å². The van der Waals surface area contributed by atoms with Crippen LogP contribution in [-0.4, -0.2) is 30.4 Å². The second-order valence-electron chi connectivity index (χ2n) is 9.08. The normalized spacial score (nSPS) is 15.0. The number of thiazole rings is 1. The van der Waals surface area contributed by atoms with Gasteiger partial charge in [-0.15, -0.1) is 0 Å². The Labute approximate surface area is 249 Å². The van der Waals surface area contributed by atoms with Crippen molar-refractivity contribution in [1.82, 2.24) is 4.57 Å². The topological polar surface area (TPSA) is 92.3 Å². The Morgan fingerprint density at radius 2 is 1.76 bits per heavy atom. The Hall–Kier alpha value is -3.89. The molecule has 1 aliphatic heterocycles. The molecule has 0 radical (unpaired) electrons. The summed E-state index contributed by atoms with van der Waals surface area (Å²) in [6, 6.07) is 16.2. The number of halogens is 1. The SMILES string of the molecule is CCOC(=O)C1=C(C)N=c2s/c(=C\c3ccc(-c4ccc(Br)cc4)o3)c(=O)n2[C@@H]1c1ccc(OCC)c(OCC)c1. The highest BCUT2D eigenvalue weighted by Gasteiger charge is 2.34. The highest BCUT2D eigenvalue weighted by molar-refractivity contribution is 9.10.